The maximum absolute atomic E-state index is 12.9. The Kier molecular flexibility index (Phi) is 65.2. The van der Waals surface area contributed by atoms with E-state index in [-0.39, 0.29) is 37.5 Å². The quantitative estimate of drug-likeness (QED) is 0.0261. The van der Waals surface area contributed by atoms with Crippen LogP contribution in [-0.4, -0.2) is 37.2 Å². The second-order valence-corrected chi connectivity index (χ2v) is 22.7. The van der Waals surface area contributed by atoms with Crippen LogP contribution in [0.15, 0.2) is 109 Å². The van der Waals surface area contributed by atoms with Crippen molar-refractivity contribution < 1.29 is 28.6 Å². The molecule has 0 radical (unpaired) electrons. The molecule has 0 saturated heterocycles. The summed E-state index contributed by atoms with van der Waals surface area (Å²) < 4.78 is 16.9. The van der Waals surface area contributed by atoms with Crippen LogP contribution >= 0.6 is 0 Å². The fourth-order valence-electron chi connectivity index (χ4n) is 9.61. The number of carbonyl (C=O) groups is 3. The van der Waals surface area contributed by atoms with Crippen LogP contribution in [0.3, 0.4) is 0 Å². The third kappa shape index (κ3) is 66.8. The summed E-state index contributed by atoms with van der Waals surface area (Å²) in [6, 6.07) is 0. The first kappa shape index (κ1) is 77.1. The first-order valence-corrected chi connectivity index (χ1v) is 34.4. The SMILES string of the molecule is CC/C=C\C/C=C\C/C=C\C/C=C\CCC(=O)OCC(COC(=O)CCCCCCCCCCCCCCCCC/C=C\C/C=C\CCCCCCC)OC(=O)CCCCCCCCCC/C=C\C/C=C\C/C=C\CCCCCCC. The Morgan fingerprint density at radius 3 is 0.827 bits per heavy atom. The first-order chi connectivity index (χ1) is 40.0. The molecule has 6 nitrogen and oxygen atoms in total. The molecule has 0 aromatic rings. The number of allylic oxidation sites excluding steroid dienone is 18. The van der Waals surface area contributed by atoms with Crippen molar-refractivity contribution in [1.29, 1.82) is 0 Å². The predicted molar refractivity (Wildman–Crippen MR) is 353 cm³/mol. The van der Waals surface area contributed by atoms with Crippen LogP contribution in [-0.2, 0) is 28.6 Å². The highest BCUT2D eigenvalue weighted by molar-refractivity contribution is 5.71. The molecule has 0 heterocycles. The molecule has 0 amide bonds. The van der Waals surface area contributed by atoms with Gasteiger partial charge >= 0.3 is 17.9 Å². The summed E-state index contributed by atoms with van der Waals surface area (Å²) >= 11 is 0. The Morgan fingerprint density at radius 2 is 0.506 bits per heavy atom. The lowest BCUT2D eigenvalue weighted by Crippen LogP contribution is -2.30. The molecule has 0 aliphatic heterocycles. The van der Waals surface area contributed by atoms with Crippen molar-refractivity contribution in [2.45, 2.75) is 335 Å². The Labute approximate surface area is 501 Å². The molecule has 0 saturated carbocycles. The van der Waals surface area contributed by atoms with Crippen LogP contribution in [0, 0.1) is 0 Å². The molecule has 0 aromatic carbocycles. The summed E-state index contributed by atoms with van der Waals surface area (Å²) in [6.07, 6.45) is 94.1. The van der Waals surface area contributed by atoms with Crippen molar-refractivity contribution in [3.63, 3.8) is 0 Å². The maximum Gasteiger partial charge on any atom is 0.306 e. The summed E-state index contributed by atoms with van der Waals surface area (Å²) in [5.74, 6) is -0.986. The summed E-state index contributed by atoms with van der Waals surface area (Å²) in [5.41, 5.74) is 0. The number of hydrogen-bond donors (Lipinski definition) is 0. The molecule has 0 fully saturated rings. The zero-order chi connectivity index (χ0) is 58.5. The van der Waals surface area contributed by atoms with Gasteiger partial charge in [0.25, 0.3) is 0 Å². The van der Waals surface area contributed by atoms with E-state index in [1.807, 2.05) is 6.08 Å². The highest BCUT2D eigenvalue weighted by Crippen LogP contribution is 2.17. The van der Waals surface area contributed by atoms with Crippen molar-refractivity contribution in [3.8, 4) is 0 Å². The van der Waals surface area contributed by atoms with Crippen LogP contribution in [0.2, 0.25) is 0 Å². The highest BCUT2D eigenvalue weighted by atomic mass is 16.6. The van der Waals surface area contributed by atoms with Crippen molar-refractivity contribution >= 4 is 17.9 Å². The van der Waals surface area contributed by atoms with Gasteiger partial charge < -0.3 is 14.2 Å². The Hall–Kier alpha value is -3.93. The van der Waals surface area contributed by atoms with Crippen LogP contribution < -0.4 is 0 Å². The van der Waals surface area contributed by atoms with Gasteiger partial charge in [-0.25, -0.2) is 0 Å². The van der Waals surface area contributed by atoms with Crippen molar-refractivity contribution in [3.05, 3.63) is 109 Å². The van der Waals surface area contributed by atoms with E-state index in [1.54, 1.807) is 0 Å². The molecular formula is C75H128O6. The lowest BCUT2D eigenvalue weighted by molar-refractivity contribution is -0.166. The van der Waals surface area contributed by atoms with Gasteiger partial charge in [-0.2, -0.15) is 0 Å². The van der Waals surface area contributed by atoms with Crippen molar-refractivity contribution in [2.75, 3.05) is 13.2 Å². The molecule has 0 N–H and O–H groups in total. The van der Waals surface area contributed by atoms with Gasteiger partial charge in [-0.3, -0.25) is 14.4 Å². The van der Waals surface area contributed by atoms with E-state index < -0.39 is 6.10 Å². The molecule has 0 rings (SSSR count). The minimum atomic E-state index is -0.814. The van der Waals surface area contributed by atoms with Gasteiger partial charge in [0.05, 0.1) is 0 Å². The minimum Gasteiger partial charge on any atom is -0.462 e. The van der Waals surface area contributed by atoms with E-state index in [1.165, 1.54) is 193 Å². The second-order valence-electron chi connectivity index (χ2n) is 22.7. The van der Waals surface area contributed by atoms with Crippen LogP contribution in [0.25, 0.3) is 0 Å². The normalized spacial score (nSPS) is 12.8. The Balaban J connectivity index is 4.33. The third-order valence-corrected chi connectivity index (χ3v) is 14.7. The number of carbonyl (C=O) groups excluding carboxylic acids is 3. The van der Waals surface area contributed by atoms with Crippen LogP contribution in [0.4, 0.5) is 0 Å². The predicted octanol–water partition coefficient (Wildman–Crippen LogP) is 23.8. The molecule has 1 unspecified atom stereocenters. The second kappa shape index (κ2) is 68.6. The van der Waals surface area contributed by atoms with Gasteiger partial charge in [0.1, 0.15) is 13.2 Å². The fourth-order valence-corrected chi connectivity index (χ4v) is 9.61. The molecule has 0 bridgehead atoms. The molecule has 6 heteroatoms. The molecule has 81 heavy (non-hydrogen) atoms. The van der Waals surface area contributed by atoms with Crippen molar-refractivity contribution in [1.82, 2.24) is 0 Å². The van der Waals surface area contributed by atoms with E-state index in [2.05, 4.69) is 124 Å². The van der Waals surface area contributed by atoms with E-state index in [0.29, 0.717) is 19.3 Å². The standard InChI is InChI=1S/C75H128O6/c1-4-7-10-13-16-19-22-25-27-29-31-33-35-36-37-38-40-41-43-45-47-50-53-56-59-62-65-68-74(77)80-71-72(70-79-73(76)67-64-61-58-55-52-49-24-21-18-15-12-9-6-3)81-75(78)69-66-63-60-57-54-51-48-46-44-42-39-34-32-30-28-26-23-20-17-14-11-8-5-2/h9,12,18,21-23,25-26,29-32,39,42,49,52,58,61,72H,4-8,10-11,13-17,19-20,24,27-28,33-38,40-41,43-48,50-51,53-57,59-60,62-71H2,1-3H3/b12-9-,21-18-,25-22-,26-23-,31-29-,32-30-,42-39-,52-49-,61-58-. The van der Waals surface area contributed by atoms with E-state index in [0.717, 1.165) is 89.9 Å². The van der Waals surface area contributed by atoms with E-state index in [4.69, 9.17) is 14.2 Å². The molecule has 0 aliphatic carbocycles. The minimum absolute atomic E-state index is 0.103. The molecule has 0 spiro atoms. The lowest BCUT2D eigenvalue weighted by Gasteiger charge is -2.18. The van der Waals surface area contributed by atoms with Gasteiger partial charge in [-0.15, -0.1) is 0 Å². The highest BCUT2D eigenvalue weighted by Gasteiger charge is 2.19. The monoisotopic (exact) mass is 1120 g/mol. The average Bonchev–Trinajstić information content (AvgIpc) is 3.46. The maximum atomic E-state index is 12.9. The van der Waals surface area contributed by atoms with Crippen molar-refractivity contribution in [2.24, 2.45) is 0 Å². The molecule has 0 aromatic heterocycles. The molecule has 1 atom stereocenters. The van der Waals surface area contributed by atoms with E-state index in [9.17, 15) is 14.4 Å². The third-order valence-electron chi connectivity index (χ3n) is 14.7. The largest absolute Gasteiger partial charge is 0.462 e. The number of ether oxygens (including phenoxy) is 3. The first-order valence-electron chi connectivity index (χ1n) is 34.4. The zero-order valence-corrected chi connectivity index (χ0v) is 53.3. The summed E-state index contributed by atoms with van der Waals surface area (Å²) in [5, 5.41) is 0. The summed E-state index contributed by atoms with van der Waals surface area (Å²) in [6.45, 7) is 6.46. The fraction of sp³-hybridized carbons (Fsp3) is 0.720. The smallest absolute Gasteiger partial charge is 0.306 e. The number of unbranched alkanes of at least 4 members (excludes halogenated alkanes) is 33. The number of rotatable bonds is 62. The topological polar surface area (TPSA) is 78.9 Å². The average molecular weight is 1130 g/mol. The van der Waals surface area contributed by atoms with Gasteiger partial charge in [0.15, 0.2) is 6.10 Å². The van der Waals surface area contributed by atoms with Crippen LogP contribution in [0.5, 0.6) is 0 Å². The Bertz CT molecular complexity index is 1620. The summed E-state index contributed by atoms with van der Waals surface area (Å²) in [4.78, 5) is 38.3. The van der Waals surface area contributed by atoms with Gasteiger partial charge in [0.2, 0.25) is 0 Å². The summed E-state index contributed by atoms with van der Waals surface area (Å²) in [7, 11) is 0. The molecular weight excluding hydrogens is 997 g/mol. The van der Waals surface area contributed by atoms with Gasteiger partial charge in [-0.1, -0.05) is 304 Å². The lowest BCUT2D eigenvalue weighted by atomic mass is 10.0. The zero-order valence-electron chi connectivity index (χ0n) is 53.3. The van der Waals surface area contributed by atoms with Gasteiger partial charge in [-0.05, 0) is 116 Å². The van der Waals surface area contributed by atoms with Crippen LogP contribution in [0.1, 0.15) is 329 Å². The molecule has 464 valence electrons. The molecule has 0 aliphatic rings. The number of esters is 3. The van der Waals surface area contributed by atoms with E-state index >= 15 is 0 Å². The Morgan fingerprint density at radius 1 is 0.259 bits per heavy atom. The number of hydrogen-bond acceptors (Lipinski definition) is 6. The van der Waals surface area contributed by atoms with Gasteiger partial charge in [0, 0.05) is 19.3 Å².